The van der Waals surface area contributed by atoms with Crippen LogP contribution >= 0.6 is 0 Å². The van der Waals surface area contributed by atoms with Crippen LogP contribution in [0.25, 0.3) is 0 Å². The Kier molecular flexibility index (Phi) is 5.46. The zero-order chi connectivity index (χ0) is 15.2. The maximum absolute atomic E-state index is 12.0. The van der Waals surface area contributed by atoms with Gasteiger partial charge >= 0.3 is 6.61 Å². The van der Waals surface area contributed by atoms with Crippen molar-refractivity contribution >= 4 is 11.6 Å². The van der Waals surface area contributed by atoms with Crippen molar-refractivity contribution < 1.29 is 18.3 Å². The summed E-state index contributed by atoms with van der Waals surface area (Å²) in [7, 11) is 2.06. The molecule has 21 heavy (non-hydrogen) atoms. The number of hydrogen-bond donors (Lipinski definition) is 1. The Bertz CT molecular complexity index is 460. The third-order valence-corrected chi connectivity index (χ3v) is 3.33. The van der Waals surface area contributed by atoms with E-state index in [4.69, 9.17) is 0 Å². The number of halogens is 2. The number of carbonyl (C=O) groups is 1. The van der Waals surface area contributed by atoms with Gasteiger partial charge < -0.3 is 15.0 Å². The molecule has 7 heteroatoms. The summed E-state index contributed by atoms with van der Waals surface area (Å²) in [5.41, 5.74) is 0.566. The molecule has 0 saturated carbocycles. The van der Waals surface area contributed by atoms with Crippen LogP contribution in [0.4, 0.5) is 14.5 Å². The Balaban J connectivity index is 1.79. The molecule has 1 aromatic rings. The Morgan fingerprint density at radius 2 is 1.86 bits per heavy atom. The summed E-state index contributed by atoms with van der Waals surface area (Å²) < 4.78 is 28.3. The number of ether oxygens (including phenoxy) is 1. The molecule has 1 aliphatic rings. The molecule has 0 spiro atoms. The Hall–Kier alpha value is -1.73. The number of nitrogens with one attached hydrogen (secondary N) is 1. The average molecular weight is 299 g/mol. The topological polar surface area (TPSA) is 44.8 Å². The second-order valence-electron chi connectivity index (χ2n) is 5.03. The monoisotopic (exact) mass is 299 g/mol. The molecule has 1 fully saturated rings. The molecule has 0 bridgehead atoms. The van der Waals surface area contributed by atoms with Crippen molar-refractivity contribution in [3.63, 3.8) is 0 Å². The zero-order valence-corrected chi connectivity index (χ0v) is 11.9. The van der Waals surface area contributed by atoms with E-state index in [1.54, 1.807) is 12.1 Å². The summed E-state index contributed by atoms with van der Waals surface area (Å²) in [5, 5.41) is 2.74. The number of benzene rings is 1. The second kappa shape index (κ2) is 7.33. The van der Waals surface area contributed by atoms with Crippen LogP contribution < -0.4 is 10.1 Å². The molecule has 5 nitrogen and oxygen atoms in total. The van der Waals surface area contributed by atoms with Crippen LogP contribution in [0.3, 0.4) is 0 Å². The average Bonchev–Trinajstić information content (AvgIpc) is 2.43. The van der Waals surface area contributed by atoms with Crippen LogP contribution in [-0.4, -0.2) is 62.1 Å². The van der Waals surface area contributed by atoms with Gasteiger partial charge in [0.1, 0.15) is 5.75 Å². The summed E-state index contributed by atoms with van der Waals surface area (Å²) in [5.74, 6) is -0.0378. The molecule has 1 saturated heterocycles. The van der Waals surface area contributed by atoms with Crippen LogP contribution in [0.15, 0.2) is 24.3 Å². The largest absolute Gasteiger partial charge is 0.435 e. The van der Waals surface area contributed by atoms with Gasteiger partial charge in [0.2, 0.25) is 5.91 Å². The number of nitrogens with zero attached hydrogens (tertiary/aromatic N) is 2. The molecular weight excluding hydrogens is 280 g/mol. The third-order valence-electron chi connectivity index (χ3n) is 3.33. The van der Waals surface area contributed by atoms with Gasteiger partial charge in [-0.05, 0) is 31.3 Å². The number of carbonyl (C=O) groups excluding carboxylic acids is 1. The lowest BCUT2D eigenvalue weighted by Gasteiger charge is -2.31. The van der Waals surface area contributed by atoms with Crippen molar-refractivity contribution in [2.45, 2.75) is 6.61 Å². The maximum atomic E-state index is 12.0. The molecule has 2 rings (SSSR count). The van der Waals surface area contributed by atoms with Gasteiger partial charge in [-0.3, -0.25) is 9.69 Å². The third kappa shape index (κ3) is 5.28. The minimum Gasteiger partial charge on any atom is -0.435 e. The predicted molar refractivity (Wildman–Crippen MR) is 75.6 cm³/mol. The normalized spacial score (nSPS) is 17.0. The summed E-state index contributed by atoms with van der Waals surface area (Å²) in [4.78, 5) is 16.2. The Morgan fingerprint density at radius 1 is 1.24 bits per heavy atom. The van der Waals surface area contributed by atoms with Gasteiger partial charge in [0.05, 0.1) is 6.54 Å². The van der Waals surface area contributed by atoms with Gasteiger partial charge in [-0.2, -0.15) is 8.78 Å². The molecule has 0 radical (unpaired) electrons. The molecule has 0 unspecified atom stereocenters. The summed E-state index contributed by atoms with van der Waals surface area (Å²) >= 11 is 0. The molecule has 0 atom stereocenters. The SMILES string of the molecule is CN1CCN(CC(=O)Nc2ccc(OC(F)F)cc2)CC1. The summed E-state index contributed by atoms with van der Waals surface area (Å²) in [6, 6.07) is 5.88. The van der Waals surface area contributed by atoms with Crippen molar-refractivity contribution in [1.29, 1.82) is 0 Å². The van der Waals surface area contributed by atoms with Gasteiger partial charge in [-0.1, -0.05) is 0 Å². The minimum absolute atomic E-state index is 0.0714. The number of piperazine rings is 1. The van der Waals surface area contributed by atoms with E-state index in [1.165, 1.54) is 12.1 Å². The van der Waals surface area contributed by atoms with Gasteiger partial charge in [0.15, 0.2) is 0 Å². The molecule has 0 aromatic heterocycles. The molecule has 1 heterocycles. The molecule has 1 N–H and O–H groups in total. The molecule has 0 aliphatic carbocycles. The molecule has 1 amide bonds. The van der Waals surface area contributed by atoms with E-state index in [2.05, 4.69) is 26.9 Å². The number of alkyl halides is 2. The number of rotatable bonds is 5. The minimum atomic E-state index is -2.84. The first-order valence-electron chi connectivity index (χ1n) is 6.78. The standard InChI is InChI=1S/C14H19F2N3O2/c1-18-6-8-19(9-7-18)10-13(20)17-11-2-4-12(5-3-11)21-14(15)16/h2-5,14H,6-10H2,1H3,(H,17,20). The van der Waals surface area contributed by atoms with Crippen LogP contribution in [-0.2, 0) is 4.79 Å². The fraction of sp³-hybridized carbons (Fsp3) is 0.500. The fourth-order valence-corrected chi connectivity index (χ4v) is 2.13. The van der Waals surface area contributed by atoms with Crippen LogP contribution in [0.5, 0.6) is 5.75 Å². The van der Waals surface area contributed by atoms with E-state index in [9.17, 15) is 13.6 Å². The lowest BCUT2D eigenvalue weighted by atomic mass is 10.3. The van der Waals surface area contributed by atoms with Crippen molar-refractivity contribution in [2.24, 2.45) is 0 Å². The van der Waals surface area contributed by atoms with E-state index in [0.29, 0.717) is 12.2 Å². The highest BCUT2D eigenvalue weighted by Gasteiger charge is 2.16. The van der Waals surface area contributed by atoms with Gasteiger partial charge in [-0.25, -0.2) is 0 Å². The summed E-state index contributed by atoms with van der Waals surface area (Å²) in [6.07, 6.45) is 0. The van der Waals surface area contributed by atoms with E-state index < -0.39 is 6.61 Å². The van der Waals surface area contributed by atoms with E-state index >= 15 is 0 Å². The Labute approximate surface area is 122 Å². The lowest BCUT2D eigenvalue weighted by molar-refractivity contribution is -0.117. The highest BCUT2D eigenvalue weighted by Crippen LogP contribution is 2.17. The van der Waals surface area contributed by atoms with Crippen LogP contribution in [0, 0.1) is 0 Å². The van der Waals surface area contributed by atoms with Crippen LogP contribution in [0.1, 0.15) is 0 Å². The number of anilines is 1. The number of amides is 1. The number of likely N-dealkylation sites (N-methyl/N-ethyl adjacent to an activating group) is 1. The molecular formula is C14H19F2N3O2. The predicted octanol–water partition coefficient (Wildman–Crippen LogP) is 1.47. The van der Waals surface area contributed by atoms with Gasteiger partial charge in [-0.15, -0.1) is 0 Å². The van der Waals surface area contributed by atoms with Gasteiger partial charge in [0, 0.05) is 31.9 Å². The molecule has 1 aliphatic heterocycles. The Morgan fingerprint density at radius 3 is 2.43 bits per heavy atom. The fourth-order valence-electron chi connectivity index (χ4n) is 2.13. The highest BCUT2D eigenvalue weighted by molar-refractivity contribution is 5.92. The van der Waals surface area contributed by atoms with Gasteiger partial charge in [0.25, 0.3) is 0 Å². The first-order chi connectivity index (χ1) is 10.0. The zero-order valence-electron chi connectivity index (χ0n) is 11.9. The summed E-state index contributed by atoms with van der Waals surface area (Å²) in [6.45, 7) is 1.13. The molecule has 1 aromatic carbocycles. The van der Waals surface area contributed by atoms with Crippen LogP contribution in [0.2, 0.25) is 0 Å². The quantitative estimate of drug-likeness (QED) is 0.894. The van der Waals surface area contributed by atoms with Crippen molar-refractivity contribution in [2.75, 3.05) is 45.1 Å². The van der Waals surface area contributed by atoms with E-state index in [1.807, 2.05) is 0 Å². The first-order valence-corrected chi connectivity index (χ1v) is 6.78. The number of hydrogen-bond acceptors (Lipinski definition) is 4. The first kappa shape index (κ1) is 15.7. The van der Waals surface area contributed by atoms with E-state index in [0.717, 1.165) is 26.2 Å². The van der Waals surface area contributed by atoms with Crippen molar-refractivity contribution in [3.05, 3.63) is 24.3 Å². The van der Waals surface area contributed by atoms with E-state index in [-0.39, 0.29) is 11.7 Å². The highest BCUT2D eigenvalue weighted by atomic mass is 19.3. The smallest absolute Gasteiger partial charge is 0.387 e. The lowest BCUT2D eigenvalue weighted by Crippen LogP contribution is -2.47. The maximum Gasteiger partial charge on any atom is 0.387 e. The molecule has 116 valence electrons. The second-order valence-corrected chi connectivity index (χ2v) is 5.03. The van der Waals surface area contributed by atoms with Crippen molar-refractivity contribution in [3.8, 4) is 5.75 Å². The van der Waals surface area contributed by atoms with Crippen molar-refractivity contribution in [1.82, 2.24) is 9.80 Å².